The number of ether oxygens (including phenoxy) is 2. The van der Waals surface area contributed by atoms with Gasteiger partial charge in [0.2, 0.25) is 0 Å². The van der Waals surface area contributed by atoms with E-state index >= 15 is 0 Å². The molecule has 1 aliphatic heterocycles. The maximum Gasteiger partial charge on any atom is 0.298 e. The van der Waals surface area contributed by atoms with Gasteiger partial charge in [0.1, 0.15) is 11.5 Å². The minimum atomic E-state index is -0.0900. The maximum absolute atomic E-state index is 12.6. The van der Waals surface area contributed by atoms with Gasteiger partial charge in [0.05, 0.1) is 7.11 Å². The van der Waals surface area contributed by atoms with Gasteiger partial charge in [-0.05, 0) is 68.2 Å². The summed E-state index contributed by atoms with van der Waals surface area (Å²) in [6, 6.07) is 13.3. The number of hydrogen-bond acceptors (Lipinski definition) is 7. The van der Waals surface area contributed by atoms with E-state index in [1.54, 1.807) is 13.2 Å². The number of carbonyl (C=O) groups excluding carboxylic acids is 1. The van der Waals surface area contributed by atoms with Gasteiger partial charge < -0.3 is 19.7 Å². The summed E-state index contributed by atoms with van der Waals surface area (Å²) in [5.74, 6) is 2.02. The molecular weight excluding hydrogens is 436 g/mol. The van der Waals surface area contributed by atoms with Gasteiger partial charge in [-0.2, -0.15) is 9.36 Å². The molecule has 8 heteroatoms. The van der Waals surface area contributed by atoms with Gasteiger partial charge >= 0.3 is 0 Å². The summed E-state index contributed by atoms with van der Waals surface area (Å²) in [6.45, 7) is 5.74. The van der Waals surface area contributed by atoms with Crippen molar-refractivity contribution in [3.8, 4) is 16.7 Å². The highest BCUT2D eigenvalue weighted by Crippen LogP contribution is 2.28. The van der Waals surface area contributed by atoms with E-state index in [-0.39, 0.29) is 5.91 Å². The summed E-state index contributed by atoms with van der Waals surface area (Å²) in [5, 5.41) is 3.48. The van der Waals surface area contributed by atoms with Gasteiger partial charge in [-0.1, -0.05) is 24.6 Å². The monoisotopic (exact) mass is 466 g/mol. The zero-order chi connectivity index (χ0) is 23.0. The number of amides is 1. The first kappa shape index (κ1) is 23.2. The van der Waals surface area contributed by atoms with Crippen LogP contribution in [0.4, 0.5) is 0 Å². The summed E-state index contributed by atoms with van der Waals surface area (Å²) < 4.78 is 15.7. The summed E-state index contributed by atoms with van der Waals surface area (Å²) in [5.41, 5.74) is 2.58. The van der Waals surface area contributed by atoms with Crippen LogP contribution in [0, 0.1) is 6.92 Å². The molecule has 0 saturated carbocycles. The molecule has 0 bridgehead atoms. The fourth-order valence-electron chi connectivity index (χ4n) is 3.87. The molecular formula is C25H30N4O3S. The van der Waals surface area contributed by atoms with E-state index in [0.717, 1.165) is 36.5 Å². The van der Waals surface area contributed by atoms with E-state index in [1.165, 1.54) is 30.8 Å². The summed E-state index contributed by atoms with van der Waals surface area (Å²) >= 11 is 1.21. The summed E-state index contributed by atoms with van der Waals surface area (Å²) in [7, 11) is 1.65. The van der Waals surface area contributed by atoms with Crippen LogP contribution >= 0.6 is 11.5 Å². The van der Waals surface area contributed by atoms with E-state index in [1.807, 2.05) is 43.3 Å². The second-order valence-corrected chi connectivity index (χ2v) is 8.96. The van der Waals surface area contributed by atoms with Crippen LogP contribution in [0.1, 0.15) is 46.6 Å². The number of rotatable bonds is 9. The van der Waals surface area contributed by atoms with Crippen molar-refractivity contribution in [2.24, 2.45) is 0 Å². The van der Waals surface area contributed by atoms with Crippen LogP contribution in [0.25, 0.3) is 0 Å². The Balaban J connectivity index is 1.35. The molecule has 0 unspecified atom stereocenters. The molecule has 4 rings (SSSR count). The lowest BCUT2D eigenvalue weighted by molar-refractivity contribution is 0.0946. The fraction of sp³-hybridized carbons (Fsp3) is 0.400. The lowest BCUT2D eigenvalue weighted by atomic mass is 10.1. The van der Waals surface area contributed by atoms with Crippen LogP contribution in [0.5, 0.6) is 16.7 Å². The molecule has 33 heavy (non-hydrogen) atoms. The summed E-state index contributed by atoms with van der Waals surface area (Å²) in [4.78, 5) is 19.6. The third kappa shape index (κ3) is 6.52. The number of piperidine rings is 1. The minimum Gasteiger partial charge on any atom is -0.497 e. The Kier molecular flexibility index (Phi) is 7.91. The first-order chi connectivity index (χ1) is 16.1. The largest absolute Gasteiger partial charge is 0.497 e. The topological polar surface area (TPSA) is 76.6 Å². The zero-order valence-electron chi connectivity index (χ0n) is 19.2. The normalized spacial score (nSPS) is 14.1. The molecule has 3 aromatic rings. The second-order valence-electron chi connectivity index (χ2n) is 8.25. The van der Waals surface area contributed by atoms with Crippen molar-refractivity contribution in [3.63, 3.8) is 0 Å². The van der Waals surface area contributed by atoms with Crippen LogP contribution in [0.3, 0.4) is 0 Å². The Morgan fingerprint density at radius 1 is 1.15 bits per heavy atom. The first-order valence-electron chi connectivity index (χ1n) is 11.4. The molecule has 1 saturated heterocycles. The molecule has 7 nitrogen and oxygen atoms in total. The van der Waals surface area contributed by atoms with Gasteiger partial charge in [0.25, 0.3) is 11.1 Å². The molecule has 1 aliphatic rings. The van der Waals surface area contributed by atoms with Crippen LogP contribution in [0.2, 0.25) is 0 Å². The molecule has 2 heterocycles. The van der Waals surface area contributed by atoms with Crippen molar-refractivity contribution in [2.75, 3.05) is 33.3 Å². The molecule has 0 aliphatic carbocycles. The smallest absolute Gasteiger partial charge is 0.298 e. The van der Waals surface area contributed by atoms with E-state index in [0.29, 0.717) is 35.3 Å². The number of likely N-dealkylation sites (tertiary alicyclic amines) is 1. The molecule has 174 valence electrons. The Bertz CT molecular complexity index is 1080. The predicted molar refractivity (Wildman–Crippen MR) is 130 cm³/mol. The Hall–Kier alpha value is -2.97. The van der Waals surface area contributed by atoms with Crippen LogP contribution in [-0.2, 0) is 6.42 Å². The van der Waals surface area contributed by atoms with Gasteiger partial charge in [0.15, 0.2) is 5.82 Å². The van der Waals surface area contributed by atoms with E-state index < -0.39 is 0 Å². The van der Waals surface area contributed by atoms with Crippen LogP contribution < -0.4 is 14.8 Å². The lowest BCUT2D eigenvalue weighted by Crippen LogP contribution is -2.37. The number of benzene rings is 2. The average Bonchev–Trinajstić information content (AvgIpc) is 3.27. The highest BCUT2D eigenvalue weighted by Gasteiger charge is 2.14. The number of aromatic nitrogens is 2. The summed E-state index contributed by atoms with van der Waals surface area (Å²) in [6.07, 6.45) is 4.40. The molecule has 2 aromatic carbocycles. The maximum atomic E-state index is 12.6. The first-order valence-corrected chi connectivity index (χ1v) is 12.1. The SMILES string of the molecule is COc1cccc(Cc2nsc(Oc3cc(C(=O)NCCN4CCCCC4)ccc3C)n2)c1. The highest BCUT2D eigenvalue weighted by atomic mass is 32.1. The number of nitrogens with one attached hydrogen (secondary N) is 1. The van der Waals surface area contributed by atoms with E-state index in [9.17, 15) is 4.79 Å². The number of carbonyl (C=O) groups is 1. The zero-order valence-corrected chi connectivity index (χ0v) is 20.0. The van der Waals surface area contributed by atoms with Gasteiger partial charge in [-0.15, -0.1) is 0 Å². The predicted octanol–water partition coefficient (Wildman–Crippen LogP) is 4.45. The number of nitrogens with zero attached hydrogens (tertiary/aromatic N) is 3. The van der Waals surface area contributed by atoms with E-state index in [2.05, 4.69) is 19.6 Å². The molecule has 1 N–H and O–H groups in total. The van der Waals surface area contributed by atoms with Crippen LogP contribution in [-0.4, -0.2) is 53.5 Å². The third-order valence-corrected chi connectivity index (χ3v) is 6.39. The lowest BCUT2D eigenvalue weighted by Gasteiger charge is -2.26. The minimum absolute atomic E-state index is 0.0900. The molecule has 1 aromatic heterocycles. The quantitative estimate of drug-likeness (QED) is 0.502. The molecule has 0 spiro atoms. The Morgan fingerprint density at radius 3 is 2.82 bits per heavy atom. The third-order valence-electron chi connectivity index (χ3n) is 5.76. The number of methoxy groups -OCH3 is 1. The second kappa shape index (κ2) is 11.2. The van der Waals surface area contributed by atoms with Crippen molar-refractivity contribution >= 4 is 17.4 Å². The highest BCUT2D eigenvalue weighted by molar-refractivity contribution is 7.07. The Labute approximate surface area is 198 Å². The van der Waals surface area contributed by atoms with Crippen molar-refractivity contribution in [3.05, 3.63) is 65.0 Å². The number of aryl methyl sites for hydroxylation is 1. The van der Waals surface area contributed by atoms with Crippen molar-refractivity contribution in [2.45, 2.75) is 32.6 Å². The van der Waals surface area contributed by atoms with Crippen molar-refractivity contribution < 1.29 is 14.3 Å². The van der Waals surface area contributed by atoms with Crippen LogP contribution in [0.15, 0.2) is 42.5 Å². The molecule has 0 atom stereocenters. The van der Waals surface area contributed by atoms with Crippen molar-refractivity contribution in [1.29, 1.82) is 0 Å². The van der Waals surface area contributed by atoms with Gasteiger partial charge in [-0.3, -0.25) is 4.79 Å². The molecule has 1 fully saturated rings. The standard InChI is InChI=1S/C25H30N4O3S/c1-18-9-10-20(24(30)26-11-14-29-12-4-3-5-13-29)17-22(18)32-25-27-23(28-33-25)16-19-7-6-8-21(15-19)31-2/h6-10,15,17H,3-5,11-14,16H2,1-2H3,(H,26,30). The molecule has 1 amide bonds. The van der Waals surface area contributed by atoms with Gasteiger partial charge in [-0.25, -0.2) is 0 Å². The molecule has 0 radical (unpaired) electrons. The Morgan fingerprint density at radius 2 is 2.00 bits per heavy atom. The average molecular weight is 467 g/mol. The van der Waals surface area contributed by atoms with Crippen molar-refractivity contribution in [1.82, 2.24) is 19.6 Å². The number of hydrogen-bond donors (Lipinski definition) is 1. The fourth-order valence-corrected chi connectivity index (χ4v) is 4.44. The van der Waals surface area contributed by atoms with Gasteiger partial charge in [0, 0.05) is 36.6 Å². The van der Waals surface area contributed by atoms with E-state index in [4.69, 9.17) is 9.47 Å².